The maximum Gasteiger partial charge on any atom is 0.420 e. The Morgan fingerprint density at radius 2 is 1.57 bits per heavy atom. The number of hydrogen-bond donors (Lipinski definition) is 1. The largest absolute Gasteiger partial charge is 0.497 e. The Labute approximate surface area is 260 Å². The Hall–Kier alpha value is -4.72. The molecule has 0 aromatic heterocycles. The van der Waals surface area contributed by atoms with Gasteiger partial charge in [-0.2, -0.15) is 26.3 Å². The molecule has 1 amide bonds. The van der Waals surface area contributed by atoms with E-state index in [2.05, 4.69) is 0 Å². The van der Waals surface area contributed by atoms with Gasteiger partial charge >= 0.3 is 18.3 Å². The van der Waals surface area contributed by atoms with Crippen LogP contribution in [0.1, 0.15) is 47.8 Å². The van der Waals surface area contributed by atoms with Crippen LogP contribution in [-0.2, 0) is 33.2 Å². The molecule has 14 heteroatoms. The van der Waals surface area contributed by atoms with Crippen molar-refractivity contribution in [1.82, 2.24) is 0 Å². The van der Waals surface area contributed by atoms with E-state index in [0.717, 1.165) is 41.3 Å². The lowest BCUT2D eigenvalue weighted by Crippen LogP contribution is -2.31. The lowest BCUT2D eigenvalue weighted by atomic mass is 9.92. The number of ether oxygens (including phenoxy) is 4. The molecule has 0 saturated carbocycles. The molecule has 0 heterocycles. The zero-order chi connectivity index (χ0) is 34.2. The minimum Gasteiger partial charge on any atom is -0.497 e. The van der Waals surface area contributed by atoms with Crippen LogP contribution in [0.25, 0.3) is 0 Å². The van der Waals surface area contributed by atoms with Crippen LogP contribution in [0.3, 0.4) is 0 Å². The summed E-state index contributed by atoms with van der Waals surface area (Å²) in [7, 11) is 2.72. The summed E-state index contributed by atoms with van der Waals surface area (Å²) in [6.07, 6.45) is -10.8. The quantitative estimate of drug-likeness (QED) is 0.129. The lowest BCUT2D eigenvalue weighted by molar-refractivity contribution is -0.140. The third kappa shape index (κ3) is 8.50. The van der Waals surface area contributed by atoms with Crippen molar-refractivity contribution >= 4 is 17.6 Å². The third-order valence-electron chi connectivity index (χ3n) is 6.61. The minimum absolute atomic E-state index is 0.0122. The number of nitrogens with zero attached hydrogens (tertiary/aromatic N) is 1. The van der Waals surface area contributed by atoms with E-state index in [-0.39, 0.29) is 24.7 Å². The third-order valence-corrected chi connectivity index (χ3v) is 6.61. The second kappa shape index (κ2) is 15.0. The number of esters is 1. The number of amides is 1. The Kier molecular flexibility index (Phi) is 11.7. The van der Waals surface area contributed by atoms with Gasteiger partial charge in [0.15, 0.2) is 0 Å². The van der Waals surface area contributed by atoms with Crippen LogP contribution in [0.15, 0.2) is 66.7 Å². The topological polar surface area (TPSA) is 94.5 Å². The van der Waals surface area contributed by atoms with Gasteiger partial charge in [0, 0.05) is 34.9 Å². The fourth-order valence-electron chi connectivity index (χ4n) is 4.57. The molecular formula is C32H31F6NO7. The highest BCUT2D eigenvalue weighted by atomic mass is 19.4. The first kappa shape index (κ1) is 35.8. The molecule has 0 saturated heterocycles. The molecule has 8 nitrogen and oxygen atoms in total. The Bertz CT molecular complexity index is 1570. The molecule has 0 aliphatic carbocycles. The van der Waals surface area contributed by atoms with Gasteiger partial charge in [-0.15, -0.1) is 0 Å². The number of alkyl halides is 6. The summed E-state index contributed by atoms with van der Waals surface area (Å²) in [6, 6.07) is 9.51. The summed E-state index contributed by atoms with van der Waals surface area (Å²) in [5.41, 5.74) is -4.27. The average Bonchev–Trinajstić information content (AvgIpc) is 3.01. The van der Waals surface area contributed by atoms with Crippen LogP contribution < -0.4 is 19.1 Å². The van der Waals surface area contributed by atoms with E-state index in [0.29, 0.717) is 23.4 Å². The number of carbonyl (C=O) groups is 2. The number of halogens is 6. The van der Waals surface area contributed by atoms with E-state index in [9.17, 15) is 41.0 Å². The molecule has 0 fully saturated rings. The van der Waals surface area contributed by atoms with Crippen molar-refractivity contribution in [1.29, 1.82) is 0 Å². The van der Waals surface area contributed by atoms with Crippen LogP contribution in [0.2, 0.25) is 0 Å². The second-order valence-corrected chi connectivity index (χ2v) is 9.51. The monoisotopic (exact) mass is 655 g/mol. The van der Waals surface area contributed by atoms with Crippen molar-refractivity contribution in [3.05, 3.63) is 94.6 Å². The number of carbonyl (C=O) groups excluding carboxylic acids is 2. The van der Waals surface area contributed by atoms with E-state index in [1.165, 1.54) is 46.3 Å². The molecule has 0 aliphatic heterocycles. The maximum absolute atomic E-state index is 14.3. The molecule has 248 valence electrons. The smallest absolute Gasteiger partial charge is 0.420 e. The molecule has 3 aromatic carbocycles. The first-order valence-electron chi connectivity index (χ1n) is 13.8. The number of aliphatic hydroxyl groups excluding tert-OH is 1. The summed E-state index contributed by atoms with van der Waals surface area (Å²) in [6.45, 7) is 2.36. The predicted octanol–water partition coefficient (Wildman–Crippen LogP) is 6.87. The van der Waals surface area contributed by atoms with Crippen LogP contribution in [0.5, 0.6) is 17.2 Å². The average molecular weight is 656 g/mol. The highest BCUT2D eigenvalue weighted by Gasteiger charge is 2.40. The van der Waals surface area contributed by atoms with Crippen molar-refractivity contribution in [2.24, 2.45) is 0 Å². The van der Waals surface area contributed by atoms with E-state index in [1.807, 2.05) is 0 Å². The maximum atomic E-state index is 14.3. The van der Waals surface area contributed by atoms with E-state index in [4.69, 9.17) is 18.9 Å². The molecule has 3 aromatic rings. The normalized spacial score (nSPS) is 12.5. The van der Waals surface area contributed by atoms with Gasteiger partial charge in [0.05, 0.1) is 45.2 Å². The van der Waals surface area contributed by atoms with Gasteiger partial charge in [0.25, 0.3) is 5.91 Å². The molecule has 1 atom stereocenters. The number of anilines is 1. The Morgan fingerprint density at radius 1 is 0.848 bits per heavy atom. The van der Waals surface area contributed by atoms with E-state index < -0.39 is 64.9 Å². The van der Waals surface area contributed by atoms with Crippen molar-refractivity contribution < 1.29 is 60.0 Å². The van der Waals surface area contributed by atoms with Gasteiger partial charge in [0.2, 0.25) is 0 Å². The number of hydrogen-bond acceptors (Lipinski definition) is 7. The first-order valence-corrected chi connectivity index (χ1v) is 13.8. The number of benzene rings is 3. The van der Waals surface area contributed by atoms with Gasteiger partial charge in [-0.05, 0) is 50.2 Å². The van der Waals surface area contributed by atoms with Crippen LogP contribution in [-0.4, -0.2) is 44.4 Å². The Morgan fingerprint density at radius 3 is 2.15 bits per heavy atom. The lowest BCUT2D eigenvalue weighted by Gasteiger charge is -2.29. The van der Waals surface area contributed by atoms with E-state index in [1.54, 1.807) is 0 Å². The molecule has 3 rings (SSSR count). The fourth-order valence-corrected chi connectivity index (χ4v) is 4.57. The summed E-state index contributed by atoms with van der Waals surface area (Å²) < 4.78 is 105. The van der Waals surface area contributed by atoms with Crippen LogP contribution >= 0.6 is 0 Å². The standard InChI is InChI=1S/C32H31F6NO7/c1-5-45-25-9-7-8-22(29(25)32(36,37)38)30(42)23-16-20(31(33,34)35)11-13-24(23)39(27(40)14-15-28(41)46-6-2)18-19-10-12-21(43-3)17-26(19)44-4/h7-17,30,42H,5-6,18H2,1-4H3/b15-14+/t30-/m1/s1. The van der Waals surface area contributed by atoms with Crippen LogP contribution in [0.4, 0.5) is 32.0 Å². The van der Waals surface area contributed by atoms with Crippen LogP contribution in [0, 0.1) is 0 Å². The second-order valence-electron chi connectivity index (χ2n) is 9.51. The van der Waals surface area contributed by atoms with Crippen molar-refractivity contribution in [3.63, 3.8) is 0 Å². The molecule has 0 aliphatic rings. The predicted molar refractivity (Wildman–Crippen MR) is 155 cm³/mol. The molecule has 1 N–H and O–H groups in total. The molecule has 0 radical (unpaired) electrons. The van der Waals surface area contributed by atoms with Crippen molar-refractivity contribution in [2.45, 2.75) is 38.8 Å². The number of rotatable bonds is 12. The van der Waals surface area contributed by atoms with Crippen molar-refractivity contribution in [3.8, 4) is 17.2 Å². The zero-order valence-electron chi connectivity index (χ0n) is 25.2. The SMILES string of the molecule is CCOC(=O)/C=C/C(=O)N(Cc1ccc(OC)cc1OC)c1ccc(C(F)(F)F)cc1[C@H](O)c1cccc(OCC)c1C(F)(F)F. The molecule has 0 unspecified atom stereocenters. The molecule has 0 spiro atoms. The highest BCUT2D eigenvalue weighted by Crippen LogP contribution is 2.45. The summed E-state index contributed by atoms with van der Waals surface area (Å²) in [4.78, 5) is 26.5. The minimum atomic E-state index is -5.09. The number of methoxy groups -OCH3 is 2. The summed E-state index contributed by atoms with van der Waals surface area (Å²) >= 11 is 0. The summed E-state index contributed by atoms with van der Waals surface area (Å²) in [5, 5.41) is 11.5. The van der Waals surface area contributed by atoms with Gasteiger partial charge in [-0.3, -0.25) is 4.79 Å². The van der Waals surface area contributed by atoms with Gasteiger partial charge < -0.3 is 29.0 Å². The molecule has 0 bridgehead atoms. The first-order chi connectivity index (χ1) is 21.7. The van der Waals surface area contributed by atoms with Crippen molar-refractivity contribution in [2.75, 3.05) is 32.3 Å². The summed E-state index contributed by atoms with van der Waals surface area (Å²) in [5.74, 6) is -1.94. The highest BCUT2D eigenvalue weighted by molar-refractivity contribution is 6.04. The Balaban J connectivity index is 2.32. The van der Waals surface area contributed by atoms with Gasteiger partial charge in [0.1, 0.15) is 28.9 Å². The van der Waals surface area contributed by atoms with E-state index >= 15 is 0 Å². The molecule has 46 heavy (non-hydrogen) atoms. The van der Waals surface area contributed by atoms with Gasteiger partial charge in [-0.25, -0.2) is 4.79 Å². The molecular weight excluding hydrogens is 624 g/mol. The van der Waals surface area contributed by atoms with Gasteiger partial charge in [-0.1, -0.05) is 12.1 Å². The fraction of sp³-hybridized carbons (Fsp3) is 0.312. The zero-order valence-corrected chi connectivity index (χ0v) is 25.2. The number of aliphatic hydroxyl groups is 1.